The van der Waals surface area contributed by atoms with Crippen LogP contribution in [0, 0.1) is 27.4 Å². The number of ketones is 1. The van der Waals surface area contributed by atoms with E-state index < -0.39 is 0 Å². The molecular weight excluding hydrogens is 306 g/mol. The summed E-state index contributed by atoms with van der Waals surface area (Å²) >= 11 is 0. The number of ether oxygens (including phenoxy) is 1. The summed E-state index contributed by atoms with van der Waals surface area (Å²) in [5.41, 5.74) is 1.97. The molecule has 0 aromatic heterocycles. The predicted molar refractivity (Wildman–Crippen MR) is 89.3 cm³/mol. The van der Waals surface area contributed by atoms with Crippen LogP contribution in [0.25, 0.3) is 0 Å². The average molecular weight is 329 g/mol. The van der Waals surface area contributed by atoms with E-state index in [1.165, 1.54) is 7.11 Å². The first-order chi connectivity index (χ1) is 11.5. The first kappa shape index (κ1) is 15.6. The lowest BCUT2D eigenvalue weighted by Gasteiger charge is -2.48. The number of nitro groups is 1. The smallest absolute Gasteiger partial charge is 0.314 e. The number of hydrogen-bond donors (Lipinski definition) is 0. The number of carbonyl (C=O) groups is 1. The molecule has 0 bridgehead atoms. The van der Waals surface area contributed by atoms with Gasteiger partial charge in [0.05, 0.1) is 12.0 Å². The van der Waals surface area contributed by atoms with Crippen molar-refractivity contribution in [3.05, 3.63) is 33.4 Å². The van der Waals surface area contributed by atoms with E-state index in [0.29, 0.717) is 42.1 Å². The summed E-state index contributed by atoms with van der Waals surface area (Å²) in [6, 6.07) is 3.77. The number of fused-ring (bicyclic) bond motifs is 5. The molecule has 0 N–H and O–H groups in total. The summed E-state index contributed by atoms with van der Waals surface area (Å²) in [6.07, 6.45) is 5.23. The zero-order valence-electron chi connectivity index (χ0n) is 14.2. The standard InChI is InChI=1S/C19H23NO4/c1-19-10-9-12-11-5-7-16(24-2)18(20(22)23)14(11)4-3-13(12)15(19)6-8-17(19)21/h5,7,12-13,15H,3-4,6,8-10H2,1-2H3/t12-,13-,15+,19+/m1/s1. The van der Waals surface area contributed by atoms with Crippen molar-refractivity contribution >= 4 is 11.5 Å². The number of nitrogens with zero attached hydrogens (tertiary/aromatic N) is 1. The SMILES string of the molecule is COc1ccc2c(c1[N+](=O)[O-])CC[C@@H]1[C@@H]2CC[C@]2(C)C(=O)CC[C@@H]12. The normalized spacial score (nSPS) is 34.2. The van der Waals surface area contributed by atoms with Gasteiger partial charge in [0, 0.05) is 17.4 Å². The Bertz CT molecular complexity index is 728. The summed E-state index contributed by atoms with van der Waals surface area (Å²) in [5.74, 6) is 2.06. The third kappa shape index (κ3) is 1.96. The lowest BCUT2D eigenvalue weighted by atomic mass is 9.55. The second kappa shape index (κ2) is 5.30. The quantitative estimate of drug-likeness (QED) is 0.607. The van der Waals surface area contributed by atoms with Crippen molar-refractivity contribution in [3.63, 3.8) is 0 Å². The number of methoxy groups -OCH3 is 1. The summed E-state index contributed by atoms with van der Waals surface area (Å²) < 4.78 is 5.22. The molecule has 2 fully saturated rings. The second-order valence-electron chi connectivity index (χ2n) is 7.77. The fraction of sp³-hybridized carbons (Fsp3) is 0.632. The Kier molecular flexibility index (Phi) is 3.44. The molecule has 0 unspecified atom stereocenters. The molecule has 4 atom stereocenters. The summed E-state index contributed by atoms with van der Waals surface area (Å²) in [6.45, 7) is 2.15. The van der Waals surface area contributed by atoms with E-state index in [2.05, 4.69) is 6.92 Å². The van der Waals surface area contributed by atoms with E-state index in [-0.39, 0.29) is 16.0 Å². The molecule has 0 aliphatic heterocycles. The van der Waals surface area contributed by atoms with E-state index in [9.17, 15) is 14.9 Å². The molecule has 3 aliphatic rings. The van der Waals surface area contributed by atoms with Crippen LogP contribution in [-0.2, 0) is 11.2 Å². The van der Waals surface area contributed by atoms with Gasteiger partial charge in [-0.1, -0.05) is 13.0 Å². The van der Waals surface area contributed by atoms with Crippen LogP contribution in [-0.4, -0.2) is 17.8 Å². The monoisotopic (exact) mass is 329 g/mol. The lowest BCUT2D eigenvalue weighted by Crippen LogP contribution is -2.42. The van der Waals surface area contributed by atoms with Crippen molar-refractivity contribution in [2.75, 3.05) is 7.11 Å². The molecule has 1 aromatic carbocycles. The topological polar surface area (TPSA) is 69.4 Å². The predicted octanol–water partition coefficient (Wildman–Crippen LogP) is 4.03. The van der Waals surface area contributed by atoms with Crippen molar-refractivity contribution in [3.8, 4) is 5.75 Å². The number of benzene rings is 1. The first-order valence-electron chi connectivity index (χ1n) is 8.85. The van der Waals surface area contributed by atoms with Crippen molar-refractivity contribution in [1.29, 1.82) is 0 Å². The number of rotatable bonds is 2. The molecule has 0 radical (unpaired) electrons. The maximum atomic E-state index is 12.4. The Labute approximate surface area is 141 Å². The summed E-state index contributed by atoms with van der Waals surface area (Å²) in [4.78, 5) is 23.6. The molecule has 5 nitrogen and oxygen atoms in total. The van der Waals surface area contributed by atoms with Crippen molar-refractivity contribution in [1.82, 2.24) is 0 Å². The van der Waals surface area contributed by atoms with Gasteiger partial charge in [-0.25, -0.2) is 0 Å². The molecule has 128 valence electrons. The van der Waals surface area contributed by atoms with Crippen LogP contribution >= 0.6 is 0 Å². The van der Waals surface area contributed by atoms with Gasteiger partial charge in [0.2, 0.25) is 0 Å². The molecule has 0 spiro atoms. The highest BCUT2D eigenvalue weighted by molar-refractivity contribution is 5.87. The van der Waals surface area contributed by atoms with E-state index in [0.717, 1.165) is 36.8 Å². The Morgan fingerprint density at radius 2 is 2.04 bits per heavy atom. The highest BCUT2D eigenvalue weighted by Crippen LogP contribution is 2.60. The van der Waals surface area contributed by atoms with Gasteiger partial charge in [0.25, 0.3) is 0 Å². The van der Waals surface area contributed by atoms with Crippen LogP contribution in [0.3, 0.4) is 0 Å². The Balaban J connectivity index is 1.77. The van der Waals surface area contributed by atoms with Gasteiger partial charge in [-0.3, -0.25) is 14.9 Å². The van der Waals surface area contributed by atoms with Gasteiger partial charge in [-0.05, 0) is 61.5 Å². The first-order valence-corrected chi connectivity index (χ1v) is 8.85. The molecule has 3 aliphatic carbocycles. The third-order valence-corrected chi connectivity index (χ3v) is 6.96. The van der Waals surface area contributed by atoms with Crippen molar-refractivity contribution in [2.24, 2.45) is 17.3 Å². The van der Waals surface area contributed by atoms with Gasteiger partial charge in [-0.15, -0.1) is 0 Å². The second-order valence-corrected chi connectivity index (χ2v) is 7.77. The fourth-order valence-electron chi connectivity index (χ4n) is 5.76. The van der Waals surface area contributed by atoms with Crippen molar-refractivity contribution in [2.45, 2.75) is 51.4 Å². The van der Waals surface area contributed by atoms with Gasteiger partial charge < -0.3 is 4.74 Å². The Hall–Kier alpha value is -1.91. The van der Waals surface area contributed by atoms with Gasteiger partial charge in [0.15, 0.2) is 5.75 Å². The molecule has 0 heterocycles. The van der Waals surface area contributed by atoms with Crippen LogP contribution < -0.4 is 4.74 Å². The van der Waals surface area contributed by atoms with E-state index in [4.69, 9.17) is 4.74 Å². The highest BCUT2D eigenvalue weighted by Gasteiger charge is 2.55. The molecule has 1 aromatic rings. The summed E-state index contributed by atoms with van der Waals surface area (Å²) in [5, 5.41) is 11.6. The van der Waals surface area contributed by atoms with Gasteiger partial charge >= 0.3 is 5.69 Å². The minimum atomic E-state index is -0.302. The molecule has 5 heteroatoms. The number of hydrogen-bond acceptors (Lipinski definition) is 4. The Morgan fingerprint density at radius 3 is 2.75 bits per heavy atom. The summed E-state index contributed by atoms with van der Waals surface area (Å²) in [7, 11) is 1.48. The van der Waals surface area contributed by atoms with Crippen LogP contribution in [0.1, 0.15) is 56.1 Å². The minimum absolute atomic E-state index is 0.143. The zero-order chi connectivity index (χ0) is 17.1. The molecule has 24 heavy (non-hydrogen) atoms. The molecular formula is C19H23NO4. The van der Waals surface area contributed by atoms with Gasteiger partial charge in [-0.2, -0.15) is 0 Å². The van der Waals surface area contributed by atoms with Crippen LogP contribution in [0.5, 0.6) is 5.75 Å². The average Bonchev–Trinajstić information content (AvgIpc) is 2.88. The maximum Gasteiger partial charge on any atom is 0.314 e. The zero-order valence-corrected chi connectivity index (χ0v) is 14.2. The molecule has 0 saturated heterocycles. The minimum Gasteiger partial charge on any atom is -0.490 e. The fourth-order valence-corrected chi connectivity index (χ4v) is 5.76. The maximum absolute atomic E-state index is 12.4. The van der Waals surface area contributed by atoms with Crippen molar-refractivity contribution < 1.29 is 14.5 Å². The highest BCUT2D eigenvalue weighted by atomic mass is 16.6. The molecule has 0 amide bonds. The Morgan fingerprint density at radius 1 is 1.25 bits per heavy atom. The molecule has 4 rings (SSSR count). The van der Waals surface area contributed by atoms with Crippen LogP contribution in [0.2, 0.25) is 0 Å². The number of nitro benzene ring substituents is 1. The largest absolute Gasteiger partial charge is 0.490 e. The third-order valence-electron chi connectivity index (χ3n) is 6.96. The van der Waals surface area contributed by atoms with E-state index in [1.54, 1.807) is 6.07 Å². The van der Waals surface area contributed by atoms with Crippen LogP contribution in [0.4, 0.5) is 5.69 Å². The van der Waals surface area contributed by atoms with Crippen LogP contribution in [0.15, 0.2) is 12.1 Å². The van der Waals surface area contributed by atoms with E-state index in [1.807, 2.05) is 6.07 Å². The molecule has 2 saturated carbocycles. The van der Waals surface area contributed by atoms with Gasteiger partial charge in [0.1, 0.15) is 5.78 Å². The number of Topliss-reactive ketones (excluding diaryl/α,β-unsaturated/α-hetero) is 1. The number of carbonyl (C=O) groups excluding carboxylic acids is 1. The van der Waals surface area contributed by atoms with E-state index >= 15 is 0 Å². The lowest BCUT2D eigenvalue weighted by molar-refractivity contribution is -0.386.